The first kappa shape index (κ1) is 16.2. The summed E-state index contributed by atoms with van der Waals surface area (Å²) < 4.78 is 49.2. The molecule has 0 aliphatic rings. The average Bonchev–Trinajstić information content (AvgIpc) is 2.28. The van der Waals surface area contributed by atoms with Crippen molar-refractivity contribution in [1.29, 1.82) is 0 Å². The van der Waals surface area contributed by atoms with Crippen LogP contribution in [0.5, 0.6) is 0 Å². The normalized spacial score (nSPS) is 12.7. The molecule has 0 spiro atoms. The van der Waals surface area contributed by atoms with Crippen LogP contribution in [0.2, 0.25) is 6.55 Å². The predicted octanol–water partition coefficient (Wildman–Crippen LogP) is 3.93. The molecule has 0 unspecified atom stereocenters. The van der Waals surface area contributed by atoms with Crippen molar-refractivity contribution in [2.24, 2.45) is 0 Å². The van der Waals surface area contributed by atoms with E-state index in [1.165, 1.54) is 12.1 Å². The van der Waals surface area contributed by atoms with Gasteiger partial charge >= 0.3 is 14.7 Å². The van der Waals surface area contributed by atoms with Crippen molar-refractivity contribution in [3.63, 3.8) is 0 Å². The van der Waals surface area contributed by atoms with Crippen molar-refractivity contribution in [2.45, 2.75) is 32.6 Å². The van der Waals surface area contributed by atoms with Crippen LogP contribution in [-0.4, -0.2) is 21.8 Å². The maximum absolute atomic E-state index is 12.6. The first-order chi connectivity index (χ1) is 8.80. The molecule has 6 heteroatoms. The Morgan fingerprint density at radius 2 is 1.68 bits per heavy atom. The molecule has 0 radical (unpaired) electrons. The summed E-state index contributed by atoms with van der Waals surface area (Å²) in [5.41, 5.74) is -0.0276. The Kier molecular flexibility index (Phi) is 5.58. The lowest BCUT2D eigenvalue weighted by Gasteiger charge is -2.26. The highest BCUT2D eigenvalue weighted by atomic mass is 28.4. The van der Waals surface area contributed by atoms with Gasteiger partial charge in [0.2, 0.25) is 0 Å². The lowest BCUT2D eigenvalue weighted by molar-refractivity contribution is -0.137. The molecule has 0 atom stereocenters. The third-order valence-corrected chi connectivity index (χ3v) is 5.53. The zero-order valence-electron chi connectivity index (χ0n) is 11.4. The third kappa shape index (κ3) is 4.97. The lowest BCUT2D eigenvalue weighted by atomic mass is 10.1. The molecule has 0 N–H and O–H groups in total. The van der Waals surface area contributed by atoms with Gasteiger partial charge in [0.25, 0.3) is 0 Å². The van der Waals surface area contributed by atoms with Crippen LogP contribution in [0.25, 0.3) is 0 Å². The number of benzene rings is 1. The molecule has 0 aliphatic carbocycles. The van der Waals surface area contributed by atoms with E-state index in [1.807, 2.05) is 20.4 Å². The van der Waals surface area contributed by atoms with E-state index >= 15 is 0 Å². The average molecular weight is 292 g/mol. The third-order valence-electron chi connectivity index (χ3n) is 2.68. The van der Waals surface area contributed by atoms with Crippen LogP contribution in [0.1, 0.15) is 25.0 Å². The monoisotopic (exact) mass is 292 g/mol. The van der Waals surface area contributed by atoms with Crippen LogP contribution in [-0.2, 0) is 21.1 Å². The zero-order valence-corrected chi connectivity index (χ0v) is 12.4. The summed E-state index contributed by atoms with van der Waals surface area (Å²) in [5.74, 6) is 0. The second kappa shape index (κ2) is 6.54. The smallest absolute Gasteiger partial charge is 0.394 e. The van der Waals surface area contributed by atoms with Gasteiger partial charge in [-0.1, -0.05) is 18.2 Å². The summed E-state index contributed by atoms with van der Waals surface area (Å²) in [7, 11) is -2.44. The Hall–Kier alpha value is -0.853. The Morgan fingerprint density at radius 1 is 1.11 bits per heavy atom. The van der Waals surface area contributed by atoms with E-state index in [0.29, 0.717) is 24.8 Å². The molecular formula is C13H19F3O2Si. The molecule has 1 aromatic carbocycles. The van der Waals surface area contributed by atoms with E-state index in [4.69, 9.17) is 8.85 Å². The molecule has 0 amide bonds. The van der Waals surface area contributed by atoms with Gasteiger partial charge in [-0.05, 0) is 32.0 Å². The Morgan fingerprint density at radius 3 is 2.16 bits per heavy atom. The highest BCUT2D eigenvalue weighted by Gasteiger charge is 2.34. The van der Waals surface area contributed by atoms with Crippen molar-refractivity contribution in [3.8, 4) is 0 Å². The van der Waals surface area contributed by atoms with Gasteiger partial charge in [0.1, 0.15) is 0 Å². The van der Waals surface area contributed by atoms with Gasteiger partial charge in [0.15, 0.2) is 0 Å². The number of halogens is 3. The molecule has 0 fully saturated rings. The second-order valence-corrected chi connectivity index (χ2v) is 7.57. The summed E-state index contributed by atoms with van der Waals surface area (Å²) >= 11 is 0. The van der Waals surface area contributed by atoms with Crippen molar-refractivity contribution < 1.29 is 22.0 Å². The van der Waals surface area contributed by atoms with E-state index in [-0.39, 0.29) is 0 Å². The van der Waals surface area contributed by atoms with Crippen molar-refractivity contribution in [1.82, 2.24) is 0 Å². The summed E-state index contributed by atoms with van der Waals surface area (Å²) in [4.78, 5) is 0. The number of hydrogen-bond acceptors (Lipinski definition) is 2. The molecule has 0 aromatic heterocycles. The largest absolute Gasteiger partial charge is 0.416 e. The van der Waals surface area contributed by atoms with E-state index in [0.717, 1.165) is 6.07 Å². The topological polar surface area (TPSA) is 18.5 Å². The molecule has 19 heavy (non-hydrogen) atoms. The molecule has 0 aliphatic heterocycles. The van der Waals surface area contributed by atoms with Crippen LogP contribution in [0.4, 0.5) is 13.2 Å². The number of alkyl halides is 3. The van der Waals surface area contributed by atoms with Gasteiger partial charge in [0, 0.05) is 19.3 Å². The minimum absolute atomic E-state index is 0.415. The molecule has 0 saturated heterocycles. The molecular weight excluding hydrogens is 273 g/mol. The van der Waals surface area contributed by atoms with Crippen LogP contribution >= 0.6 is 0 Å². The first-order valence-corrected chi connectivity index (χ1v) is 8.77. The minimum atomic E-state index is -4.31. The number of hydrogen-bond donors (Lipinski definition) is 0. The molecule has 1 rings (SSSR count). The minimum Gasteiger partial charge on any atom is -0.394 e. The Bertz CT molecular complexity index is 401. The Balaban J connectivity index is 2.91. The lowest BCUT2D eigenvalue weighted by Crippen LogP contribution is -2.41. The van der Waals surface area contributed by atoms with E-state index in [1.54, 1.807) is 6.07 Å². The van der Waals surface area contributed by atoms with Gasteiger partial charge in [-0.3, -0.25) is 0 Å². The second-order valence-electron chi connectivity index (χ2n) is 4.37. The van der Waals surface area contributed by atoms with E-state index in [9.17, 15) is 13.2 Å². The van der Waals surface area contributed by atoms with Crippen molar-refractivity contribution in [2.75, 3.05) is 13.2 Å². The van der Waals surface area contributed by atoms with Gasteiger partial charge in [0.05, 0.1) is 5.56 Å². The van der Waals surface area contributed by atoms with Gasteiger partial charge < -0.3 is 8.85 Å². The molecule has 0 saturated carbocycles. The Labute approximate surface area is 112 Å². The van der Waals surface area contributed by atoms with E-state index in [2.05, 4.69) is 0 Å². The fourth-order valence-corrected chi connectivity index (χ4v) is 4.45. The standard InChI is InChI=1S/C13H19F3O2Si/c1-4-17-19(3,18-5-2)10-11-7-6-8-12(9-11)13(14,15)16/h6-9H,4-5,10H2,1-3H3. The number of rotatable bonds is 6. The molecule has 2 nitrogen and oxygen atoms in total. The van der Waals surface area contributed by atoms with Crippen molar-refractivity contribution in [3.05, 3.63) is 35.4 Å². The van der Waals surface area contributed by atoms with Crippen molar-refractivity contribution >= 4 is 8.56 Å². The van der Waals surface area contributed by atoms with Gasteiger partial charge in [-0.15, -0.1) is 0 Å². The maximum Gasteiger partial charge on any atom is 0.416 e. The summed E-state index contributed by atoms with van der Waals surface area (Å²) in [6.07, 6.45) is -4.31. The van der Waals surface area contributed by atoms with Crippen LogP contribution in [0.15, 0.2) is 24.3 Å². The molecule has 0 heterocycles. The summed E-state index contributed by atoms with van der Waals surface area (Å²) in [6, 6.07) is 5.76. The summed E-state index contributed by atoms with van der Waals surface area (Å²) in [6.45, 7) is 6.59. The maximum atomic E-state index is 12.6. The van der Waals surface area contributed by atoms with Crippen LogP contribution in [0.3, 0.4) is 0 Å². The van der Waals surface area contributed by atoms with Gasteiger partial charge in [-0.2, -0.15) is 13.2 Å². The SMILES string of the molecule is CCO[Si](C)(Cc1cccc(C(F)(F)F)c1)OCC. The highest BCUT2D eigenvalue weighted by Crippen LogP contribution is 2.30. The quantitative estimate of drug-likeness (QED) is 0.740. The fourth-order valence-electron chi connectivity index (χ4n) is 1.98. The van der Waals surface area contributed by atoms with Crippen LogP contribution in [0, 0.1) is 0 Å². The van der Waals surface area contributed by atoms with Crippen LogP contribution < -0.4 is 0 Å². The highest BCUT2D eigenvalue weighted by molar-refractivity contribution is 6.65. The fraction of sp³-hybridized carbons (Fsp3) is 0.538. The molecule has 0 bridgehead atoms. The molecule has 108 valence electrons. The zero-order chi connectivity index (χ0) is 14.5. The summed E-state index contributed by atoms with van der Waals surface area (Å²) in [5, 5.41) is 0. The molecule has 1 aromatic rings. The van der Waals surface area contributed by atoms with Gasteiger partial charge in [-0.25, -0.2) is 0 Å². The van der Waals surface area contributed by atoms with E-state index < -0.39 is 20.3 Å². The predicted molar refractivity (Wildman–Crippen MR) is 70.0 cm³/mol. The first-order valence-electron chi connectivity index (χ1n) is 6.25.